The molecule has 4 N–H and O–H groups in total. The van der Waals surface area contributed by atoms with Crippen LogP contribution >= 0.6 is 11.8 Å². The maximum atomic E-state index is 14.2. The van der Waals surface area contributed by atoms with Gasteiger partial charge in [-0.05, 0) is 36.8 Å². The summed E-state index contributed by atoms with van der Waals surface area (Å²) in [5.74, 6) is -2.04. The van der Waals surface area contributed by atoms with Gasteiger partial charge in [0.05, 0.1) is 18.6 Å². The number of carbonyl (C=O) groups is 2. The smallest absolute Gasteiger partial charge is 0.420 e. The highest BCUT2D eigenvalue weighted by molar-refractivity contribution is 8.02. The van der Waals surface area contributed by atoms with Gasteiger partial charge in [0.1, 0.15) is 18.0 Å². The Labute approximate surface area is 246 Å². The van der Waals surface area contributed by atoms with E-state index in [9.17, 15) is 33.0 Å². The first-order chi connectivity index (χ1) is 19.0. The molecule has 0 amide bonds. The first-order valence-electron chi connectivity index (χ1n) is 14.3. The van der Waals surface area contributed by atoms with Gasteiger partial charge >= 0.3 is 12.1 Å². The third-order valence-corrected chi connectivity index (χ3v) is 8.76. The summed E-state index contributed by atoms with van der Waals surface area (Å²) in [6.45, 7) is 12.3. The van der Waals surface area contributed by atoms with Gasteiger partial charge in [-0.2, -0.15) is 13.2 Å². The Morgan fingerprint density at radius 1 is 1.15 bits per heavy atom. The molecule has 0 spiro atoms. The molecule has 3 unspecified atom stereocenters. The number of esters is 1. The molecular formula is C30H48F3NO6S. The van der Waals surface area contributed by atoms with Gasteiger partial charge in [0.15, 0.2) is 5.60 Å². The maximum Gasteiger partial charge on any atom is 0.420 e. The van der Waals surface area contributed by atoms with Crippen LogP contribution in [-0.2, 0) is 19.1 Å². The number of alkyl halides is 3. The van der Waals surface area contributed by atoms with Crippen LogP contribution in [0.25, 0.3) is 0 Å². The molecule has 1 fully saturated rings. The molecule has 8 atom stereocenters. The molecule has 1 rings (SSSR count). The Bertz CT molecular complexity index is 953. The van der Waals surface area contributed by atoms with Crippen LogP contribution in [0.4, 0.5) is 13.2 Å². The molecule has 1 heterocycles. The van der Waals surface area contributed by atoms with E-state index in [1.807, 2.05) is 13.8 Å². The average Bonchev–Trinajstić information content (AvgIpc) is 3.63. The summed E-state index contributed by atoms with van der Waals surface area (Å²) in [6.07, 6.45) is -4.16. The number of nitrogens with two attached hydrogens (primary N) is 1. The number of rotatable bonds is 18. The van der Waals surface area contributed by atoms with Crippen LogP contribution in [0.15, 0.2) is 34.9 Å². The van der Waals surface area contributed by atoms with Crippen molar-refractivity contribution in [1.82, 2.24) is 0 Å². The molecule has 0 aromatic heterocycles. The third-order valence-electron chi connectivity index (χ3n) is 7.55. The van der Waals surface area contributed by atoms with E-state index in [4.69, 9.17) is 15.2 Å². The first-order valence-corrected chi connectivity index (χ1v) is 15.3. The summed E-state index contributed by atoms with van der Waals surface area (Å²) < 4.78 is 53.5. The van der Waals surface area contributed by atoms with E-state index < -0.39 is 60.4 Å². The minimum Gasteiger partial charge on any atom is -0.458 e. The molecule has 1 aliphatic rings. The van der Waals surface area contributed by atoms with Gasteiger partial charge in [-0.25, -0.2) is 0 Å². The topological polar surface area (TPSA) is 122 Å². The fourth-order valence-electron chi connectivity index (χ4n) is 4.29. The minimum atomic E-state index is -4.70. The van der Waals surface area contributed by atoms with Crippen LogP contribution in [0.3, 0.4) is 0 Å². The van der Waals surface area contributed by atoms with Crippen LogP contribution in [0, 0.1) is 11.8 Å². The van der Waals surface area contributed by atoms with E-state index in [-0.39, 0.29) is 25.0 Å². The molecule has 0 bridgehead atoms. The van der Waals surface area contributed by atoms with Crippen molar-refractivity contribution in [1.29, 1.82) is 0 Å². The summed E-state index contributed by atoms with van der Waals surface area (Å²) in [6, 6.07) is 0. The van der Waals surface area contributed by atoms with Gasteiger partial charge in [0, 0.05) is 42.0 Å². The van der Waals surface area contributed by atoms with Crippen LogP contribution in [0.5, 0.6) is 0 Å². The molecule has 41 heavy (non-hydrogen) atoms. The van der Waals surface area contributed by atoms with Gasteiger partial charge in [-0.1, -0.05) is 53.7 Å². The molecule has 11 heteroatoms. The largest absolute Gasteiger partial charge is 0.458 e. The summed E-state index contributed by atoms with van der Waals surface area (Å²) in [7, 11) is 0. The quantitative estimate of drug-likeness (QED) is 0.0752. The van der Waals surface area contributed by atoms with Crippen molar-refractivity contribution in [2.45, 2.75) is 128 Å². The Balaban J connectivity index is 3.13. The highest BCUT2D eigenvalue weighted by Crippen LogP contribution is 2.54. The predicted octanol–water partition coefficient (Wildman–Crippen LogP) is 5.99. The molecular weight excluding hydrogens is 559 g/mol. The van der Waals surface area contributed by atoms with Gasteiger partial charge in [0.2, 0.25) is 0 Å². The van der Waals surface area contributed by atoms with E-state index in [0.29, 0.717) is 22.9 Å². The fourth-order valence-corrected chi connectivity index (χ4v) is 4.94. The lowest BCUT2D eigenvalue weighted by molar-refractivity contribution is -0.183. The van der Waals surface area contributed by atoms with Crippen LogP contribution < -0.4 is 5.73 Å². The maximum absolute atomic E-state index is 14.2. The number of hydrogen-bond donors (Lipinski definition) is 3. The molecule has 0 saturated carbocycles. The molecule has 0 aromatic rings. The lowest BCUT2D eigenvalue weighted by Gasteiger charge is -2.22. The lowest BCUT2D eigenvalue weighted by atomic mass is 9.88. The normalized spacial score (nSPS) is 24.4. The molecule has 1 aliphatic heterocycles. The van der Waals surface area contributed by atoms with E-state index in [0.717, 1.165) is 6.42 Å². The van der Waals surface area contributed by atoms with Gasteiger partial charge < -0.3 is 25.4 Å². The molecule has 0 aliphatic carbocycles. The number of halogens is 3. The van der Waals surface area contributed by atoms with E-state index in [2.05, 4.69) is 0 Å². The van der Waals surface area contributed by atoms with Gasteiger partial charge in [0.25, 0.3) is 0 Å². The number of epoxide rings is 1. The summed E-state index contributed by atoms with van der Waals surface area (Å²) >= 11 is 1.52. The zero-order valence-electron chi connectivity index (χ0n) is 25.2. The number of ether oxygens (including phenoxy) is 2. The number of allylic oxidation sites excluding steroid dienone is 1. The Morgan fingerprint density at radius 2 is 1.78 bits per heavy atom. The molecule has 236 valence electrons. The number of Topliss-reactive ketones (excluding diaryl/α,β-unsaturated/α-hetero) is 1. The highest BCUT2D eigenvalue weighted by Gasteiger charge is 2.72. The molecule has 0 radical (unpaired) electrons. The monoisotopic (exact) mass is 607 g/mol. The van der Waals surface area contributed by atoms with Gasteiger partial charge in [-0.15, -0.1) is 11.8 Å². The fraction of sp³-hybridized carbons (Fsp3) is 0.733. The zero-order chi connectivity index (χ0) is 31.5. The second-order valence-corrected chi connectivity index (χ2v) is 12.2. The second kappa shape index (κ2) is 16.7. The van der Waals surface area contributed by atoms with Crippen molar-refractivity contribution in [2.75, 3.05) is 0 Å². The Hall–Kier alpha value is -1.82. The Kier molecular flexibility index (Phi) is 15.2. The predicted molar refractivity (Wildman–Crippen MR) is 156 cm³/mol. The number of thioether (sulfide) groups is 1. The van der Waals surface area contributed by atoms with Crippen molar-refractivity contribution in [2.24, 2.45) is 17.6 Å². The summed E-state index contributed by atoms with van der Waals surface area (Å²) in [5, 5.41) is 22.4. The third kappa shape index (κ3) is 11.4. The second-order valence-electron chi connectivity index (χ2n) is 10.9. The molecule has 7 nitrogen and oxygen atoms in total. The standard InChI is InChI=1S/C30H48F3NO6S/c1-8-20(6)41-17-22(34)14-19(5)25(39-27(37)15-23(35)9-2)16-26-29(40-26,30(31,32)33)13-11-12-18(4)28(38)21(7)24(36)10-3/h11-12,14,17-18,20-21,23,25-26,28,35,38H,8-10,13,15-16,34H2,1-7H3/b12-11+,19-14+,22-17-/t18-,20?,21-,23+,25-,26?,28-,29?/m0/s1. The van der Waals surface area contributed by atoms with Crippen molar-refractivity contribution >= 4 is 23.5 Å². The number of aliphatic hydroxyl groups excluding tert-OH is 2. The summed E-state index contributed by atoms with van der Waals surface area (Å²) in [5.41, 5.74) is 4.47. The number of ketones is 1. The van der Waals surface area contributed by atoms with E-state index in [1.165, 1.54) is 23.9 Å². The van der Waals surface area contributed by atoms with Gasteiger partial charge in [-0.3, -0.25) is 9.59 Å². The van der Waals surface area contributed by atoms with Crippen molar-refractivity contribution in [3.63, 3.8) is 0 Å². The van der Waals surface area contributed by atoms with E-state index >= 15 is 0 Å². The lowest BCUT2D eigenvalue weighted by Crippen LogP contribution is -2.36. The molecule has 1 saturated heterocycles. The number of carbonyl (C=O) groups excluding carboxylic acids is 2. The highest BCUT2D eigenvalue weighted by atomic mass is 32.2. The van der Waals surface area contributed by atoms with Crippen molar-refractivity contribution < 1.29 is 42.4 Å². The van der Waals surface area contributed by atoms with Crippen LogP contribution in [0.2, 0.25) is 0 Å². The Morgan fingerprint density at radius 3 is 2.32 bits per heavy atom. The number of aliphatic hydroxyl groups is 2. The zero-order valence-corrected chi connectivity index (χ0v) is 26.1. The van der Waals surface area contributed by atoms with Crippen LogP contribution in [-0.4, -0.2) is 63.4 Å². The minimum absolute atomic E-state index is 0.125. The average molecular weight is 608 g/mol. The van der Waals surface area contributed by atoms with E-state index in [1.54, 1.807) is 46.1 Å². The molecule has 0 aromatic carbocycles. The SMILES string of the molecule is CCC(=O)[C@H](C)[C@@H](O)[C@@H](C)/C=C/CC1(C(F)(F)F)OC1C[C@H](OC(=O)C[C@H](O)CC)/C(C)=C/C(N)=C/SC(C)CC. The van der Waals surface area contributed by atoms with Crippen LogP contribution in [0.1, 0.15) is 87.0 Å². The van der Waals surface area contributed by atoms with Crippen molar-refractivity contribution in [3.05, 3.63) is 34.9 Å². The number of hydrogen-bond acceptors (Lipinski definition) is 8. The van der Waals surface area contributed by atoms with Crippen molar-refractivity contribution in [3.8, 4) is 0 Å². The summed E-state index contributed by atoms with van der Waals surface area (Å²) in [4.78, 5) is 24.4. The first kappa shape index (κ1) is 37.2.